The number of rotatable bonds is 1. The molecule has 0 aliphatic heterocycles. The maximum Gasteiger partial charge on any atom is 0.133 e. The molecule has 2 nitrogen and oxygen atoms in total. The first-order valence-corrected chi connectivity index (χ1v) is 9.57. The molecule has 4 aliphatic carbocycles. The number of carbonyl (C=O) groups excluding carboxylic acids is 1. The Balaban J connectivity index is 1.84. The molecule has 0 aromatic rings. The van der Waals surface area contributed by atoms with E-state index in [2.05, 4.69) is 6.92 Å². The second-order valence-corrected chi connectivity index (χ2v) is 9.25. The van der Waals surface area contributed by atoms with Crippen molar-refractivity contribution < 1.29 is 15.4 Å². The van der Waals surface area contributed by atoms with Gasteiger partial charge >= 0.3 is 0 Å². The van der Waals surface area contributed by atoms with Crippen molar-refractivity contribution >= 4 is 5.78 Å². The minimum Gasteiger partial charge on any atom is -0.393 e. The van der Waals surface area contributed by atoms with Gasteiger partial charge in [-0.15, -0.1) is 0 Å². The van der Waals surface area contributed by atoms with Crippen molar-refractivity contribution in [3.05, 3.63) is 0 Å². The summed E-state index contributed by atoms with van der Waals surface area (Å²) in [4.78, 5) is 12.4. The van der Waals surface area contributed by atoms with E-state index in [0.717, 1.165) is 32.1 Å². The summed E-state index contributed by atoms with van der Waals surface area (Å²) in [5, 5.41) is 10.2. The zero-order chi connectivity index (χ0) is 20.0. The van der Waals surface area contributed by atoms with Crippen LogP contribution in [0.5, 0.6) is 0 Å². The minimum absolute atomic E-state index is 0.0128. The Morgan fingerprint density at radius 1 is 1.09 bits per heavy atom. The molecule has 130 valence electrons. The van der Waals surface area contributed by atoms with Crippen LogP contribution in [0.4, 0.5) is 0 Å². The number of hydrogen-bond acceptors (Lipinski definition) is 2. The quantitative estimate of drug-likeness (QED) is 0.766. The van der Waals surface area contributed by atoms with E-state index in [1.54, 1.807) is 6.92 Å². The molecule has 4 saturated carbocycles. The van der Waals surface area contributed by atoms with E-state index in [-0.39, 0.29) is 46.9 Å². The van der Waals surface area contributed by atoms with Crippen molar-refractivity contribution in [2.24, 2.45) is 40.4 Å². The summed E-state index contributed by atoms with van der Waals surface area (Å²) in [5.74, 6) is -0.238. The highest BCUT2D eigenvalue weighted by Crippen LogP contribution is 2.67. The summed E-state index contributed by atoms with van der Waals surface area (Å²) in [5.41, 5.74) is -1.20. The van der Waals surface area contributed by atoms with Gasteiger partial charge in [0.15, 0.2) is 0 Å². The van der Waals surface area contributed by atoms with Crippen molar-refractivity contribution in [1.29, 1.82) is 0 Å². The van der Waals surface area contributed by atoms with E-state index < -0.39 is 18.2 Å². The third-order valence-electron chi connectivity index (χ3n) is 8.26. The second kappa shape index (κ2) is 5.31. The van der Waals surface area contributed by atoms with E-state index in [4.69, 9.17) is 5.48 Å². The fraction of sp³-hybridized carbons (Fsp3) is 0.952. The molecule has 0 amide bonds. The Morgan fingerprint density at radius 2 is 1.87 bits per heavy atom. The molecule has 0 aromatic heterocycles. The maximum atomic E-state index is 12.4. The molecule has 0 heterocycles. The van der Waals surface area contributed by atoms with Crippen LogP contribution >= 0.6 is 0 Å². The Kier molecular flexibility index (Phi) is 2.79. The van der Waals surface area contributed by atoms with Gasteiger partial charge in [-0.05, 0) is 99.1 Å². The van der Waals surface area contributed by atoms with Crippen LogP contribution in [0.3, 0.4) is 0 Å². The molecule has 1 N–H and O–H groups in total. The molecule has 4 rings (SSSR count). The smallest absolute Gasteiger partial charge is 0.133 e. The van der Waals surface area contributed by atoms with Gasteiger partial charge in [-0.25, -0.2) is 0 Å². The van der Waals surface area contributed by atoms with Gasteiger partial charge in [-0.1, -0.05) is 13.8 Å². The first kappa shape index (κ1) is 12.1. The van der Waals surface area contributed by atoms with Crippen LogP contribution in [-0.2, 0) is 4.79 Å². The van der Waals surface area contributed by atoms with Crippen LogP contribution in [0.1, 0.15) is 83.9 Å². The number of hydrogen-bond donors (Lipinski definition) is 1. The average molecular weight is 323 g/mol. The minimum atomic E-state index is -2.04. The van der Waals surface area contributed by atoms with Crippen LogP contribution in [0.15, 0.2) is 0 Å². The SMILES string of the molecule is [2H]C1([2H])[C@H]2[C@@H](CC[C@@H]3C[C@H](O)CC[C@@]32C)[C@@H]2CC[C@H](C(C)=O)[C@@]2(C)C1([2H])[2H]. The lowest BCUT2D eigenvalue weighted by Crippen LogP contribution is -2.54. The number of Topliss-reactive ketones (excluding diaryl/α,β-unsaturated/α-hetero) is 1. The molecule has 4 fully saturated rings. The third-order valence-corrected chi connectivity index (χ3v) is 8.26. The van der Waals surface area contributed by atoms with Gasteiger partial charge in [-0.2, -0.15) is 0 Å². The topological polar surface area (TPSA) is 37.3 Å². The zero-order valence-corrected chi connectivity index (χ0v) is 14.8. The molecule has 0 aromatic carbocycles. The summed E-state index contributed by atoms with van der Waals surface area (Å²) in [6.45, 7) is 5.58. The Morgan fingerprint density at radius 3 is 2.61 bits per heavy atom. The number of fused-ring (bicyclic) bond motifs is 5. The highest BCUT2D eigenvalue weighted by molar-refractivity contribution is 5.79. The number of ketones is 1. The van der Waals surface area contributed by atoms with Gasteiger partial charge < -0.3 is 5.11 Å². The normalized spacial score (nSPS) is 62.6. The number of aliphatic hydroxyl groups excluding tert-OH is 1. The zero-order valence-electron chi connectivity index (χ0n) is 18.8. The molecule has 0 spiro atoms. The van der Waals surface area contributed by atoms with Crippen LogP contribution in [0, 0.1) is 40.4 Å². The van der Waals surface area contributed by atoms with Crippen molar-refractivity contribution in [2.45, 2.75) is 84.6 Å². The molecular weight excluding hydrogens is 284 g/mol. The van der Waals surface area contributed by atoms with Gasteiger partial charge in [0.1, 0.15) is 5.78 Å². The van der Waals surface area contributed by atoms with Crippen molar-refractivity contribution in [1.82, 2.24) is 0 Å². The van der Waals surface area contributed by atoms with Crippen molar-refractivity contribution in [3.63, 3.8) is 0 Å². The Labute approximate surface area is 147 Å². The summed E-state index contributed by atoms with van der Waals surface area (Å²) in [7, 11) is 0. The Bertz CT molecular complexity index is 650. The third kappa shape index (κ3) is 2.19. The fourth-order valence-corrected chi connectivity index (χ4v) is 6.91. The summed E-state index contributed by atoms with van der Waals surface area (Å²) < 4.78 is 36.2. The molecule has 23 heavy (non-hydrogen) atoms. The molecule has 0 radical (unpaired) electrons. The molecular formula is C21H34O2. The van der Waals surface area contributed by atoms with Crippen LogP contribution in [0.2, 0.25) is 0 Å². The lowest BCUT2D eigenvalue weighted by atomic mass is 9.44. The predicted molar refractivity (Wildman–Crippen MR) is 91.9 cm³/mol. The largest absolute Gasteiger partial charge is 0.393 e. The predicted octanol–water partition coefficient (Wildman–Crippen LogP) is 4.60. The molecule has 0 unspecified atom stereocenters. The molecule has 0 saturated heterocycles. The second-order valence-electron chi connectivity index (χ2n) is 9.25. The highest BCUT2D eigenvalue weighted by Gasteiger charge is 2.60. The first-order chi connectivity index (χ1) is 12.4. The molecule has 4 aliphatic rings. The van der Waals surface area contributed by atoms with Crippen LogP contribution in [0.25, 0.3) is 0 Å². The van der Waals surface area contributed by atoms with Gasteiger partial charge in [-0.3, -0.25) is 4.79 Å². The van der Waals surface area contributed by atoms with E-state index in [1.807, 2.05) is 6.92 Å². The highest BCUT2D eigenvalue weighted by atomic mass is 16.3. The molecule has 0 bridgehead atoms. The lowest BCUT2D eigenvalue weighted by Gasteiger charge is -2.60. The monoisotopic (exact) mass is 322 g/mol. The van der Waals surface area contributed by atoms with Crippen LogP contribution < -0.4 is 0 Å². The summed E-state index contributed by atoms with van der Waals surface area (Å²) >= 11 is 0. The van der Waals surface area contributed by atoms with Gasteiger partial charge in [0.05, 0.1) is 6.10 Å². The molecule has 2 heteroatoms. The average Bonchev–Trinajstić information content (AvgIpc) is 2.92. The number of aliphatic hydroxyl groups is 1. The number of carbonyl (C=O) groups is 1. The standard InChI is InChI=1S/C21H34O2/c1-13(22)17-6-7-18-16-5-4-14-12-15(23)8-10-20(14,2)19(16)9-11-21(17,18)3/h14-19,23H,4-12H2,1-3H3/t14-,15-,16+,17-,18+,19+,20+,21-/m1/s1/i9D2,11D2. The Hall–Kier alpha value is -0.370. The van der Waals surface area contributed by atoms with Crippen molar-refractivity contribution in [2.75, 3.05) is 0 Å². The van der Waals surface area contributed by atoms with Crippen molar-refractivity contribution in [3.8, 4) is 0 Å². The first-order valence-electron chi connectivity index (χ1n) is 11.6. The maximum absolute atomic E-state index is 12.4. The fourth-order valence-electron chi connectivity index (χ4n) is 6.91. The lowest BCUT2D eigenvalue weighted by molar-refractivity contribution is -0.138. The molecule has 8 atom stereocenters. The van der Waals surface area contributed by atoms with Gasteiger partial charge in [0, 0.05) is 11.4 Å². The summed E-state index contributed by atoms with van der Waals surface area (Å²) in [6.07, 6.45) is 1.28. The van der Waals surface area contributed by atoms with E-state index in [0.29, 0.717) is 12.8 Å². The van der Waals surface area contributed by atoms with E-state index in [1.165, 1.54) is 0 Å². The van der Waals surface area contributed by atoms with Gasteiger partial charge in [0.25, 0.3) is 0 Å². The van der Waals surface area contributed by atoms with Gasteiger partial charge in [0.2, 0.25) is 0 Å². The van der Waals surface area contributed by atoms with Crippen LogP contribution in [-0.4, -0.2) is 17.0 Å². The van der Waals surface area contributed by atoms with E-state index >= 15 is 0 Å². The summed E-state index contributed by atoms with van der Waals surface area (Å²) in [6, 6.07) is 0. The van der Waals surface area contributed by atoms with E-state index in [9.17, 15) is 9.90 Å².